The summed E-state index contributed by atoms with van der Waals surface area (Å²) in [6, 6.07) is 5.84. The molecule has 1 aliphatic rings. The van der Waals surface area contributed by atoms with E-state index in [1.165, 1.54) is 0 Å². The lowest BCUT2D eigenvalue weighted by Crippen LogP contribution is -2.42. The summed E-state index contributed by atoms with van der Waals surface area (Å²) < 4.78 is 5.30. The van der Waals surface area contributed by atoms with E-state index in [2.05, 4.69) is 21.2 Å². The van der Waals surface area contributed by atoms with Gasteiger partial charge in [-0.1, -0.05) is 0 Å². The maximum atomic E-state index is 12.4. The first-order valence-electron chi connectivity index (χ1n) is 8.12. The van der Waals surface area contributed by atoms with Crippen LogP contribution in [0.5, 0.6) is 0 Å². The Balaban J connectivity index is 1.53. The van der Waals surface area contributed by atoms with Crippen LogP contribution in [0.3, 0.4) is 0 Å². The Morgan fingerprint density at radius 1 is 1.57 bits per heavy atom. The third-order valence-corrected chi connectivity index (χ3v) is 4.41. The minimum atomic E-state index is 0.125. The van der Waals surface area contributed by atoms with Crippen LogP contribution in [0.25, 0.3) is 0 Å². The third kappa shape index (κ3) is 4.01. The average Bonchev–Trinajstić information content (AvgIpc) is 3.19. The molecule has 1 unspecified atom stereocenters. The molecule has 23 heavy (non-hydrogen) atoms. The van der Waals surface area contributed by atoms with Crippen molar-refractivity contribution in [3.63, 3.8) is 0 Å². The Morgan fingerprint density at radius 3 is 3.13 bits per heavy atom. The second-order valence-electron chi connectivity index (χ2n) is 6.38. The third-order valence-electron chi connectivity index (χ3n) is 4.41. The number of furan rings is 1. The van der Waals surface area contributed by atoms with E-state index in [1.54, 1.807) is 11.2 Å². The first kappa shape index (κ1) is 15.8. The first-order chi connectivity index (χ1) is 11.1. The standard InChI is InChI=1S/C17H24N4O2/c1-13-9-16(19-18-13)14-5-3-7-21(10-14)12-17(22)20(2)11-15-6-4-8-23-15/h4,6,8-9,14H,3,5,7,10-12H2,1-2H3,(H,18,19). The molecule has 3 heterocycles. The molecule has 6 heteroatoms. The molecule has 2 aromatic heterocycles. The summed E-state index contributed by atoms with van der Waals surface area (Å²) in [5, 5.41) is 7.39. The number of carbonyl (C=O) groups excluding carboxylic acids is 1. The molecule has 1 N–H and O–H groups in total. The molecule has 1 fully saturated rings. The Kier molecular flexibility index (Phi) is 4.81. The van der Waals surface area contributed by atoms with Gasteiger partial charge in [0.05, 0.1) is 25.0 Å². The van der Waals surface area contributed by atoms with Crippen molar-refractivity contribution in [2.24, 2.45) is 0 Å². The van der Waals surface area contributed by atoms with Crippen LogP contribution in [0.15, 0.2) is 28.9 Å². The fourth-order valence-corrected chi connectivity index (χ4v) is 3.13. The maximum Gasteiger partial charge on any atom is 0.236 e. The van der Waals surface area contributed by atoms with Crippen molar-refractivity contribution in [2.45, 2.75) is 32.2 Å². The molecule has 0 radical (unpaired) electrons. The minimum absolute atomic E-state index is 0.125. The molecule has 2 aromatic rings. The molecular weight excluding hydrogens is 292 g/mol. The van der Waals surface area contributed by atoms with Gasteiger partial charge in [0.25, 0.3) is 0 Å². The zero-order valence-electron chi connectivity index (χ0n) is 13.8. The second-order valence-corrected chi connectivity index (χ2v) is 6.38. The van der Waals surface area contributed by atoms with Gasteiger partial charge in [-0.2, -0.15) is 5.10 Å². The molecule has 124 valence electrons. The number of piperidine rings is 1. The monoisotopic (exact) mass is 316 g/mol. The van der Waals surface area contributed by atoms with Crippen molar-refractivity contribution in [2.75, 3.05) is 26.7 Å². The number of aromatic amines is 1. The highest BCUT2D eigenvalue weighted by Gasteiger charge is 2.25. The molecule has 0 aromatic carbocycles. The molecule has 0 saturated carbocycles. The molecule has 0 aliphatic carbocycles. The van der Waals surface area contributed by atoms with Gasteiger partial charge in [0.15, 0.2) is 0 Å². The van der Waals surface area contributed by atoms with E-state index >= 15 is 0 Å². The number of hydrogen-bond donors (Lipinski definition) is 1. The molecule has 1 saturated heterocycles. The lowest BCUT2D eigenvalue weighted by molar-refractivity contribution is -0.132. The van der Waals surface area contributed by atoms with Gasteiger partial charge in [-0.05, 0) is 44.5 Å². The van der Waals surface area contributed by atoms with Crippen LogP contribution < -0.4 is 0 Å². The number of H-pyrrole nitrogens is 1. The largest absolute Gasteiger partial charge is 0.467 e. The summed E-state index contributed by atoms with van der Waals surface area (Å²) in [6.07, 6.45) is 3.87. The normalized spacial score (nSPS) is 19.0. The summed E-state index contributed by atoms with van der Waals surface area (Å²) in [5.41, 5.74) is 2.20. The van der Waals surface area contributed by atoms with Crippen molar-refractivity contribution in [3.8, 4) is 0 Å². The zero-order valence-corrected chi connectivity index (χ0v) is 13.8. The van der Waals surface area contributed by atoms with Crippen molar-refractivity contribution < 1.29 is 9.21 Å². The molecule has 1 amide bonds. The minimum Gasteiger partial charge on any atom is -0.467 e. The van der Waals surface area contributed by atoms with Crippen LogP contribution in [0.2, 0.25) is 0 Å². The smallest absolute Gasteiger partial charge is 0.236 e. The molecule has 0 bridgehead atoms. The SMILES string of the molecule is Cc1cc(C2CCCN(CC(=O)N(C)Cc3ccco3)C2)n[nH]1. The maximum absolute atomic E-state index is 12.4. The number of nitrogens with zero attached hydrogens (tertiary/aromatic N) is 3. The molecule has 6 nitrogen and oxygen atoms in total. The Morgan fingerprint density at radius 2 is 2.43 bits per heavy atom. The van der Waals surface area contributed by atoms with Crippen LogP contribution in [0.1, 0.15) is 35.9 Å². The van der Waals surface area contributed by atoms with Gasteiger partial charge in [0, 0.05) is 25.2 Å². The zero-order chi connectivity index (χ0) is 16.2. The van der Waals surface area contributed by atoms with Gasteiger partial charge in [-0.25, -0.2) is 0 Å². The van der Waals surface area contributed by atoms with Gasteiger partial charge in [-0.15, -0.1) is 0 Å². The Bertz CT molecular complexity index is 635. The van der Waals surface area contributed by atoms with Crippen LogP contribution >= 0.6 is 0 Å². The van der Waals surface area contributed by atoms with Crippen molar-refractivity contribution in [1.82, 2.24) is 20.0 Å². The number of carbonyl (C=O) groups is 1. The molecule has 1 aliphatic heterocycles. The van der Waals surface area contributed by atoms with E-state index in [0.717, 1.165) is 43.1 Å². The number of likely N-dealkylation sites (N-methyl/N-ethyl adjacent to an activating group) is 1. The number of amides is 1. The van der Waals surface area contributed by atoms with Gasteiger partial charge in [-0.3, -0.25) is 14.8 Å². The molecule has 1 atom stereocenters. The van der Waals surface area contributed by atoms with Crippen LogP contribution in [0.4, 0.5) is 0 Å². The van der Waals surface area contributed by atoms with Crippen LogP contribution in [-0.2, 0) is 11.3 Å². The fourth-order valence-electron chi connectivity index (χ4n) is 3.13. The highest BCUT2D eigenvalue weighted by molar-refractivity contribution is 5.77. The summed E-state index contributed by atoms with van der Waals surface area (Å²) in [7, 11) is 1.82. The van der Waals surface area contributed by atoms with Crippen molar-refractivity contribution >= 4 is 5.91 Å². The quantitative estimate of drug-likeness (QED) is 0.918. The van der Waals surface area contributed by atoms with E-state index in [4.69, 9.17) is 4.42 Å². The number of rotatable bonds is 5. The first-order valence-corrected chi connectivity index (χ1v) is 8.12. The van der Waals surface area contributed by atoms with E-state index in [-0.39, 0.29) is 5.91 Å². The number of aromatic nitrogens is 2. The van der Waals surface area contributed by atoms with Crippen LogP contribution in [0, 0.1) is 6.92 Å². The lowest BCUT2D eigenvalue weighted by atomic mass is 9.94. The predicted octanol–water partition coefficient (Wildman–Crippen LogP) is 2.15. The molecular formula is C17H24N4O2. The summed E-state index contributed by atoms with van der Waals surface area (Å²) in [6.45, 7) is 4.86. The fraction of sp³-hybridized carbons (Fsp3) is 0.529. The highest BCUT2D eigenvalue weighted by Crippen LogP contribution is 2.25. The van der Waals surface area contributed by atoms with Gasteiger partial charge >= 0.3 is 0 Å². The lowest BCUT2D eigenvalue weighted by Gasteiger charge is -2.32. The van der Waals surface area contributed by atoms with E-state index < -0.39 is 0 Å². The van der Waals surface area contributed by atoms with Crippen LogP contribution in [-0.4, -0.2) is 52.6 Å². The average molecular weight is 316 g/mol. The Labute approximate surface area is 136 Å². The highest BCUT2D eigenvalue weighted by atomic mass is 16.3. The Hall–Kier alpha value is -2.08. The summed E-state index contributed by atoms with van der Waals surface area (Å²) in [5.74, 6) is 1.35. The topological polar surface area (TPSA) is 65.4 Å². The van der Waals surface area contributed by atoms with E-state index in [9.17, 15) is 4.79 Å². The second kappa shape index (κ2) is 7.00. The summed E-state index contributed by atoms with van der Waals surface area (Å²) >= 11 is 0. The number of aryl methyl sites for hydroxylation is 1. The van der Waals surface area contributed by atoms with E-state index in [0.29, 0.717) is 19.0 Å². The van der Waals surface area contributed by atoms with Gasteiger partial charge < -0.3 is 9.32 Å². The number of hydrogen-bond acceptors (Lipinski definition) is 4. The molecule has 3 rings (SSSR count). The number of nitrogens with one attached hydrogen (secondary N) is 1. The van der Waals surface area contributed by atoms with Gasteiger partial charge in [0.1, 0.15) is 5.76 Å². The van der Waals surface area contributed by atoms with E-state index in [1.807, 2.05) is 26.1 Å². The van der Waals surface area contributed by atoms with Crippen molar-refractivity contribution in [1.29, 1.82) is 0 Å². The van der Waals surface area contributed by atoms with Crippen molar-refractivity contribution in [3.05, 3.63) is 41.6 Å². The number of likely N-dealkylation sites (tertiary alicyclic amines) is 1. The molecule has 0 spiro atoms. The summed E-state index contributed by atoms with van der Waals surface area (Å²) in [4.78, 5) is 16.4. The van der Waals surface area contributed by atoms with Gasteiger partial charge in [0.2, 0.25) is 5.91 Å². The predicted molar refractivity (Wildman–Crippen MR) is 86.9 cm³/mol.